The van der Waals surface area contributed by atoms with E-state index in [2.05, 4.69) is 55.6 Å². The number of alkyl halides is 2. The fourth-order valence-electron chi connectivity index (χ4n) is 3.56. The molecule has 172 valence electrons. The summed E-state index contributed by atoms with van der Waals surface area (Å²) in [6.07, 6.45) is 3.32. The Morgan fingerprint density at radius 2 is 2.06 bits per heavy atom. The highest BCUT2D eigenvalue weighted by Crippen LogP contribution is 2.37. The Morgan fingerprint density at radius 1 is 1.24 bits per heavy atom. The van der Waals surface area contributed by atoms with E-state index in [9.17, 15) is 13.6 Å². The van der Waals surface area contributed by atoms with Crippen molar-refractivity contribution in [3.05, 3.63) is 53.9 Å². The molecule has 0 saturated heterocycles. The molecule has 3 N–H and O–H groups in total. The number of nitrogens with zero attached hydrogens (tertiary/aromatic N) is 3. The van der Waals surface area contributed by atoms with Crippen LogP contribution >= 0.6 is 0 Å². The van der Waals surface area contributed by atoms with Gasteiger partial charge in [-0.05, 0) is 29.8 Å². The highest BCUT2D eigenvalue weighted by Gasteiger charge is 2.31. The molecule has 1 aliphatic heterocycles. The molecule has 0 aliphatic carbocycles. The monoisotopic (exact) mass is 454 g/mol. The number of halogens is 2. The Morgan fingerprint density at radius 3 is 2.82 bits per heavy atom. The molecular weight excluding hydrogens is 430 g/mol. The van der Waals surface area contributed by atoms with Crippen molar-refractivity contribution in [3.8, 4) is 17.0 Å². The quantitative estimate of drug-likeness (QED) is 0.491. The topological polar surface area (TPSA) is 101 Å². The zero-order chi connectivity index (χ0) is 23.6. The van der Waals surface area contributed by atoms with Gasteiger partial charge in [0.25, 0.3) is 0 Å². The highest BCUT2D eigenvalue weighted by molar-refractivity contribution is 5.73. The first-order valence-electron chi connectivity index (χ1n) is 10.4. The predicted molar refractivity (Wildman–Crippen MR) is 121 cm³/mol. The van der Waals surface area contributed by atoms with Gasteiger partial charge in [0.1, 0.15) is 11.6 Å². The third-order valence-corrected chi connectivity index (χ3v) is 5.32. The Hall–Kier alpha value is -3.82. The molecule has 33 heavy (non-hydrogen) atoms. The van der Waals surface area contributed by atoms with Crippen LogP contribution in [0.25, 0.3) is 11.3 Å². The van der Waals surface area contributed by atoms with E-state index in [0.29, 0.717) is 11.3 Å². The first kappa shape index (κ1) is 22.4. The maximum absolute atomic E-state index is 13.0. The van der Waals surface area contributed by atoms with Crippen LogP contribution < -0.4 is 20.7 Å². The van der Waals surface area contributed by atoms with Crippen molar-refractivity contribution in [2.45, 2.75) is 39.3 Å². The van der Waals surface area contributed by atoms with Crippen LogP contribution in [-0.2, 0) is 16.8 Å². The van der Waals surface area contributed by atoms with Gasteiger partial charge in [0.05, 0.1) is 11.4 Å². The number of benzene rings is 1. The summed E-state index contributed by atoms with van der Waals surface area (Å²) in [5.41, 5.74) is 3.41. The fourth-order valence-corrected chi connectivity index (χ4v) is 3.56. The number of aromatic nitrogens is 3. The smallest absolute Gasteiger partial charge is 0.387 e. The molecule has 0 unspecified atom stereocenters. The Bertz CT molecular complexity index is 1190. The van der Waals surface area contributed by atoms with Crippen molar-refractivity contribution in [3.63, 3.8) is 0 Å². The summed E-state index contributed by atoms with van der Waals surface area (Å²) in [5, 5.41) is 8.87. The molecule has 0 radical (unpaired) electrons. The Labute approximate surface area is 189 Å². The second-order valence-electron chi connectivity index (χ2n) is 8.37. The molecule has 1 aliphatic rings. The van der Waals surface area contributed by atoms with Crippen LogP contribution in [0.2, 0.25) is 0 Å². The molecule has 1 aromatic carbocycles. The second-order valence-corrected chi connectivity index (χ2v) is 8.37. The number of rotatable bonds is 7. The molecule has 2 aromatic heterocycles. The molecule has 0 bridgehead atoms. The van der Waals surface area contributed by atoms with Gasteiger partial charge in [-0.3, -0.25) is 4.79 Å². The number of amides is 1. The number of nitrogens with one attached hydrogen (secondary N) is 3. The average Bonchev–Trinajstić information content (AvgIpc) is 3.08. The van der Waals surface area contributed by atoms with Gasteiger partial charge in [-0.25, -0.2) is 15.0 Å². The Kier molecular flexibility index (Phi) is 6.08. The van der Waals surface area contributed by atoms with E-state index in [1.807, 2.05) is 0 Å². The van der Waals surface area contributed by atoms with Crippen LogP contribution in [0.5, 0.6) is 5.75 Å². The van der Waals surface area contributed by atoms with E-state index in [-0.39, 0.29) is 35.3 Å². The number of hydrogen-bond donors (Lipinski definition) is 3. The summed E-state index contributed by atoms with van der Waals surface area (Å²) in [5.74, 6) is 0.788. The predicted octanol–water partition coefficient (Wildman–Crippen LogP) is 4.22. The standard InChI is InChI=1S/C23H24F2N6O2/c1-13(32)27-10-14-4-5-18(19(8-14)33-21(24)25)31-22-26-7-6-17(30-22)15-9-16-20(28-11-15)29-12-23(16,2)3/h4-9,11,21H,10,12H2,1-3H3,(H,27,32)(H,28,29)(H,26,30,31). The van der Waals surface area contributed by atoms with Crippen LogP contribution in [0.3, 0.4) is 0 Å². The second kappa shape index (κ2) is 8.97. The van der Waals surface area contributed by atoms with E-state index in [0.717, 1.165) is 23.5 Å². The third kappa shape index (κ3) is 5.16. The zero-order valence-corrected chi connectivity index (χ0v) is 18.4. The number of carbonyl (C=O) groups excluding carboxylic acids is 1. The van der Waals surface area contributed by atoms with Crippen LogP contribution in [0.15, 0.2) is 42.7 Å². The maximum Gasteiger partial charge on any atom is 0.387 e. The van der Waals surface area contributed by atoms with Crippen molar-refractivity contribution >= 4 is 23.4 Å². The van der Waals surface area contributed by atoms with Gasteiger partial charge >= 0.3 is 6.61 Å². The number of anilines is 3. The summed E-state index contributed by atoms with van der Waals surface area (Å²) >= 11 is 0. The molecule has 0 atom stereocenters. The summed E-state index contributed by atoms with van der Waals surface area (Å²) in [6, 6.07) is 8.53. The molecule has 4 rings (SSSR count). The number of carbonyl (C=O) groups is 1. The van der Waals surface area contributed by atoms with Gasteiger partial charge in [-0.1, -0.05) is 19.9 Å². The minimum atomic E-state index is -3.01. The SMILES string of the molecule is CC(=O)NCc1ccc(Nc2nccc(-c3cnc4c(c3)C(C)(C)CN4)n2)c(OC(F)F)c1. The van der Waals surface area contributed by atoms with Crippen molar-refractivity contribution in [1.29, 1.82) is 0 Å². The molecule has 0 fully saturated rings. The van der Waals surface area contributed by atoms with Crippen LogP contribution in [-0.4, -0.2) is 34.0 Å². The number of hydrogen-bond acceptors (Lipinski definition) is 7. The molecule has 3 aromatic rings. The minimum Gasteiger partial charge on any atom is -0.433 e. The summed E-state index contributed by atoms with van der Waals surface area (Å²) in [7, 11) is 0. The lowest BCUT2D eigenvalue weighted by atomic mass is 9.87. The Balaban J connectivity index is 1.60. The lowest BCUT2D eigenvalue weighted by molar-refractivity contribution is -0.119. The van der Waals surface area contributed by atoms with Crippen molar-refractivity contribution in [2.75, 3.05) is 17.2 Å². The first-order chi connectivity index (χ1) is 15.7. The molecule has 8 nitrogen and oxygen atoms in total. The van der Waals surface area contributed by atoms with E-state index < -0.39 is 6.61 Å². The van der Waals surface area contributed by atoms with Gasteiger partial charge in [-0.15, -0.1) is 0 Å². The van der Waals surface area contributed by atoms with Crippen molar-refractivity contribution in [1.82, 2.24) is 20.3 Å². The van der Waals surface area contributed by atoms with Crippen LogP contribution in [0, 0.1) is 0 Å². The van der Waals surface area contributed by atoms with Gasteiger partial charge in [0, 0.05) is 48.9 Å². The van der Waals surface area contributed by atoms with Crippen LogP contribution in [0.1, 0.15) is 31.9 Å². The summed E-state index contributed by atoms with van der Waals surface area (Å²) in [4.78, 5) is 24.4. The highest BCUT2D eigenvalue weighted by atomic mass is 19.3. The number of ether oxygens (including phenoxy) is 1. The normalized spacial score (nSPS) is 13.9. The van der Waals surface area contributed by atoms with Gasteiger partial charge in [-0.2, -0.15) is 8.78 Å². The molecule has 10 heteroatoms. The zero-order valence-electron chi connectivity index (χ0n) is 18.4. The largest absolute Gasteiger partial charge is 0.433 e. The van der Waals surface area contributed by atoms with E-state index in [1.54, 1.807) is 30.6 Å². The fraction of sp³-hybridized carbons (Fsp3) is 0.304. The molecule has 1 amide bonds. The number of pyridine rings is 1. The summed E-state index contributed by atoms with van der Waals surface area (Å²) < 4.78 is 30.6. The summed E-state index contributed by atoms with van der Waals surface area (Å²) in [6.45, 7) is 3.65. The third-order valence-electron chi connectivity index (χ3n) is 5.32. The van der Waals surface area contributed by atoms with Crippen molar-refractivity contribution < 1.29 is 18.3 Å². The lowest BCUT2D eigenvalue weighted by Crippen LogP contribution is -2.19. The minimum absolute atomic E-state index is 0.0487. The molecule has 0 saturated carbocycles. The van der Waals surface area contributed by atoms with Gasteiger partial charge in [0.2, 0.25) is 11.9 Å². The van der Waals surface area contributed by atoms with Gasteiger partial charge in [0.15, 0.2) is 0 Å². The van der Waals surface area contributed by atoms with E-state index in [4.69, 9.17) is 0 Å². The number of fused-ring (bicyclic) bond motifs is 1. The van der Waals surface area contributed by atoms with Crippen molar-refractivity contribution in [2.24, 2.45) is 0 Å². The maximum atomic E-state index is 13.0. The molecular formula is C23H24F2N6O2. The van der Waals surface area contributed by atoms with E-state index >= 15 is 0 Å². The van der Waals surface area contributed by atoms with E-state index in [1.165, 1.54) is 13.0 Å². The average molecular weight is 454 g/mol. The van der Waals surface area contributed by atoms with Crippen LogP contribution in [0.4, 0.5) is 26.2 Å². The lowest BCUT2D eigenvalue weighted by Gasteiger charge is -2.17. The van der Waals surface area contributed by atoms with Gasteiger partial charge < -0.3 is 20.7 Å². The molecule has 0 spiro atoms. The molecule has 3 heterocycles. The first-order valence-corrected chi connectivity index (χ1v) is 10.4.